The van der Waals surface area contributed by atoms with Gasteiger partial charge in [0.2, 0.25) is 0 Å². The topological polar surface area (TPSA) is 9.23 Å². The molecule has 1 aliphatic carbocycles. The van der Waals surface area contributed by atoms with Crippen LogP contribution in [0.5, 0.6) is 5.75 Å². The van der Waals surface area contributed by atoms with E-state index in [1.54, 1.807) is 12.1 Å². The molecule has 1 saturated carbocycles. The Kier molecular flexibility index (Phi) is 8.01. The second kappa shape index (κ2) is 11.0. The Morgan fingerprint density at radius 1 is 0.833 bits per heavy atom. The van der Waals surface area contributed by atoms with Crippen molar-refractivity contribution in [3.63, 3.8) is 0 Å². The quantitative estimate of drug-likeness (QED) is 0.220. The van der Waals surface area contributed by atoms with Crippen LogP contribution in [0.1, 0.15) is 74.5 Å². The van der Waals surface area contributed by atoms with E-state index in [1.807, 2.05) is 12.1 Å². The van der Waals surface area contributed by atoms with Crippen LogP contribution in [-0.4, -0.2) is 0 Å². The Morgan fingerprint density at radius 2 is 1.42 bits per heavy atom. The van der Waals surface area contributed by atoms with Crippen LogP contribution in [0.2, 0.25) is 0 Å². The number of unbranched alkanes of at least 4 members (excludes halogenated alkanes) is 1. The molecule has 3 aromatic carbocycles. The van der Waals surface area contributed by atoms with E-state index in [1.165, 1.54) is 62.6 Å². The van der Waals surface area contributed by atoms with Crippen molar-refractivity contribution in [2.24, 2.45) is 5.92 Å². The van der Waals surface area contributed by atoms with Crippen LogP contribution in [0.4, 0.5) is 22.0 Å². The molecule has 192 valence electrons. The van der Waals surface area contributed by atoms with Gasteiger partial charge in [-0.2, -0.15) is 8.78 Å². The van der Waals surface area contributed by atoms with Gasteiger partial charge >= 0.3 is 6.11 Å². The minimum Gasteiger partial charge on any atom is -0.428 e. The number of benzene rings is 3. The summed E-state index contributed by atoms with van der Waals surface area (Å²) >= 11 is 0. The molecule has 4 rings (SSSR count). The van der Waals surface area contributed by atoms with Crippen molar-refractivity contribution in [2.45, 2.75) is 70.8 Å². The lowest BCUT2D eigenvalue weighted by molar-refractivity contribution is -0.186. The van der Waals surface area contributed by atoms with Crippen LogP contribution in [0, 0.1) is 30.3 Å². The van der Waals surface area contributed by atoms with Gasteiger partial charge in [0.05, 0.1) is 5.56 Å². The molecule has 1 nitrogen and oxygen atoms in total. The first kappa shape index (κ1) is 26.2. The molecule has 0 atom stereocenters. The Balaban J connectivity index is 1.42. The van der Waals surface area contributed by atoms with E-state index >= 15 is 0 Å². The molecule has 0 amide bonds. The average molecular weight is 503 g/mol. The second-order valence-corrected chi connectivity index (χ2v) is 9.79. The summed E-state index contributed by atoms with van der Waals surface area (Å²) < 4.78 is 74.6. The largest absolute Gasteiger partial charge is 0.428 e. The number of alkyl halides is 2. The maximum absolute atomic E-state index is 14.7. The average Bonchev–Trinajstić information content (AvgIpc) is 2.89. The van der Waals surface area contributed by atoms with Gasteiger partial charge < -0.3 is 4.74 Å². The minimum atomic E-state index is -3.86. The molecule has 0 bridgehead atoms. The summed E-state index contributed by atoms with van der Waals surface area (Å²) in [5.74, 6) is -4.20. The summed E-state index contributed by atoms with van der Waals surface area (Å²) in [6, 6.07) is 14.2. The highest BCUT2D eigenvalue weighted by Crippen LogP contribution is 2.39. The highest BCUT2D eigenvalue weighted by atomic mass is 19.3. The normalized spacial score (nSPS) is 18.3. The van der Waals surface area contributed by atoms with E-state index in [0.717, 1.165) is 24.0 Å². The van der Waals surface area contributed by atoms with Crippen molar-refractivity contribution in [3.05, 3.63) is 88.7 Å². The lowest BCUT2D eigenvalue weighted by atomic mass is 9.77. The zero-order chi connectivity index (χ0) is 25.9. The monoisotopic (exact) mass is 502 g/mol. The smallest absolute Gasteiger partial charge is 0.426 e. The van der Waals surface area contributed by atoms with Gasteiger partial charge in [0.25, 0.3) is 0 Å². The number of ether oxygens (including phenoxy) is 1. The van der Waals surface area contributed by atoms with E-state index in [-0.39, 0.29) is 0 Å². The van der Waals surface area contributed by atoms with Crippen molar-refractivity contribution in [3.8, 4) is 16.9 Å². The standard InChI is InChI=1S/C30H31F5O/c1-3-4-5-20-6-8-21(9-7-20)22-10-12-23(13-11-22)24-14-16-25(17-15-24)30(34,35)36-27-18-26(31)29(33)28(32)19(27)2/h10-18,20-21H,3-9H2,1-2H3. The Hall–Kier alpha value is -2.89. The highest BCUT2D eigenvalue weighted by Gasteiger charge is 2.36. The summed E-state index contributed by atoms with van der Waals surface area (Å²) in [6.45, 7) is 3.29. The molecule has 0 radical (unpaired) electrons. The van der Waals surface area contributed by atoms with Crippen LogP contribution in [0.25, 0.3) is 11.1 Å². The maximum Gasteiger partial charge on any atom is 0.426 e. The molecule has 1 aliphatic rings. The number of rotatable bonds is 8. The summed E-state index contributed by atoms with van der Waals surface area (Å²) in [6.07, 6.45) is 5.00. The summed E-state index contributed by atoms with van der Waals surface area (Å²) in [4.78, 5) is 0. The van der Waals surface area contributed by atoms with Crippen LogP contribution in [0.3, 0.4) is 0 Å². The van der Waals surface area contributed by atoms with E-state index in [4.69, 9.17) is 0 Å². The van der Waals surface area contributed by atoms with Gasteiger partial charge in [0, 0.05) is 11.6 Å². The van der Waals surface area contributed by atoms with Gasteiger partial charge in [-0.1, -0.05) is 62.6 Å². The fraction of sp³-hybridized carbons (Fsp3) is 0.400. The first-order valence-corrected chi connectivity index (χ1v) is 12.6. The molecule has 6 heteroatoms. The van der Waals surface area contributed by atoms with Gasteiger partial charge in [0.15, 0.2) is 17.5 Å². The fourth-order valence-electron chi connectivity index (χ4n) is 5.05. The van der Waals surface area contributed by atoms with Gasteiger partial charge in [-0.15, -0.1) is 0 Å². The fourth-order valence-corrected chi connectivity index (χ4v) is 5.05. The van der Waals surface area contributed by atoms with Crippen LogP contribution >= 0.6 is 0 Å². The summed E-state index contributed by atoms with van der Waals surface area (Å²) in [5, 5.41) is 0. The van der Waals surface area contributed by atoms with E-state index in [2.05, 4.69) is 23.8 Å². The van der Waals surface area contributed by atoms with Gasteiger partial charge in [0.1, 0.15) is 5.75 Å². The van der Waals surface area contributed by atoms with E-state index < -0.39 is 40.4 Å². The minimum absolute atomic E-state index is 0.426. The Labute approximate surface area is 209 Å². The third-order valence-corrected chi connectivity index (χ3v) is 7.35. The predicted octanol–water partition coefficient (Wildman–Crippen LogP) is 9.67. The molecule has 0 aromatic heterocycles. The molecular formula is C30H31F5O. The number of halogens is 5. The van der Waals surface area contributed by atoms with Gasteiger partial charge in [-0.3, -0.25) is 0 Å². The number of hydrogen-bond acceptors (Lipinski definition) is 1. The van der Waals surface area contributed by atoms with Crippen LogP contribution in [-0.2, 0) is 6.11 Å². The van der Waals surface area contributed by atoms with Crippen LogP contribution in [0.15, 0.2) is 54.6 Å². The second-order valence-electron chi connectivity index (χ2n) is 9.79. The third-order valence-electron chi connectivity index (χ3n) is 7.35. The Morgan fingerprint density at radius 3 is 2.00 bits per heavy atom. The lowest BCUT2D eigenvalue weighted by Crippen LogP contribution is -2.22. The van der Waals surface area contributed by atoms with Crippen LogP contribution < -0.4 is 4.74 Å². The van der Waals surface area contributed by atoms with Crippen molar-refractivity contribution in [1.29, 1.82) is 0 Å². The predicted molar refractivity (Wildman–Crippen MR) is 132 cm³/mol. The zero-order valence-electron chi connectivity index (χ0n) is 20.6. The van der Waals surface area contributed by atoms with Crippen molar-refractivity contribution in [2.75, 3.05) is 0 Å². The highest BCUT2D eigenvalue weighted by molar-refractivity contribution is 5.64. The SMILES string of the molecule is CCCCC1CCC(c2ccc(-c3ccc(C(F)(F)Oc4cc(F)c(F)c(F)c4C)cc3)cc2)CC1. The van der Waals surface area contributed by atoms with Crippen molar-refractivity contribution >= 4 is 0 Å². The molecule has 0 saturated heterocycles. The summed E-state index contributed by atoms with van der Waals surface area (Å²) in [5.41, 5.74) is 1.98. The molecule has 1 fully saturated rings. The number of hydrogen-bond donors (Lipinski definition) is 0. The zero-order valence-corrected chi connectivity index (χ0v) is 20.6. The molecule has 36 heavy (non-hydrogen) atoms. The third kappa shape index (κ3) is 5.74. The van der Waals surface area contributed by atoms with E-state index in [0.29, 0.717) is 12.0 Å². The maximum atomic E-state index is 14.7. The van der Waals surface area contributed by atoms with Gasteiger partial charge in [-0.25, -0.2) is 13.2 Å². The molecule has 0 heterocycles. The summed E-state index contributed by atoms with van der Waals surface area (Å²) in [7, 11) is 0. The van der Waals surface area contributed by atoms with E-state index in [9.17, 15) is 22.0 Å². The molecule has 0 spiro atoms. The Bertz CT molecular complexity index is 1160. The first-order valence-electron chi connectivity index (χ1n) is 12.6. The lowest BCUT2D eigenvalue weighted by Gasteiger charge is -2.29. The van der Waals surface area contributed by atoms with Crippen molar-refractivity contribution < 1.29 is 26.7 Å². The molecule has 0 N–H and O–H groups in total. The molecule has 0 unspecified atom stereocenters. The van der Waals surface area contributed by atoms with Gasteiger partial charge in [-0.05, 0) is 73.3 Å². The molecule has 3 aromatic rings. The van der Waals surface area contributed by atoms with Crippen molar-refractivity contribution in [1.82, 2.24) is 0 Å². The molecule has 0 aliphatic heterocycles. The molecular weight excluding hydrogens is 471 g/mol. The first-order chi connectivity index (χ1) is 17.2.